The van der Waals surface area contributed by atoms with Gasteiger partial charge in [0.25, 0.3) is 0 Å². The van der Waals surface area contributed by atoms with Crippen molar-refractivity contribution < 1.29 is 9.53 Å². The zero-order valence-corrected chi connectivity index (χ0v) is 11.6. The van der Waals surface area contributed by atoms with E-state index in [0.717, 1.165) is 25.3 Å². The van der Waals surface area contributed by atoms with Gasteiger partial charge >= 0.3 is 0 Å². The number of hydrogen-bond acceptors (Lipinski definition) is 4. The van der Waals surface area contributed by atoms with Gasteiger partial charge in [0.1, 0.15) is 0 Å². The minimum Gasteiger partial charge on any atom is -0.380 e. The third kappa shape index (κ3) is 2.77. The van der Waals surface area contributed by atoms with E-state index in [0.29, 0.717) is 11.3 Å². The van der Waals surface area contributed by atoms with Crippen molar-refractivity contribution in [3.63, 3.8) is 0 Å². The Kier molecular flexibility index (Phi) is 4.33. The average Bonchev–Trinajstić information content (AvgIpc) is 2.80. The zero-order valence-electron chi connectivity index (χ0n) is 10.8. The molecule has 0 saturated carbocycles. The Bertz CT molecular complexity index is 288. The zero-order chi connectivity index (χ0) is 12.4. The summed E-state index contributed by atoms with van der Waals surface area (Å²) in [7, 11) is 1.71. The first-order chi connectivity index (χ1) is 8.13. The predicted molar refractivity (Wildman–Crippen MR) is 70.3 cm³/mol. The molecule has 5 heteroatoms. The van der Waals surface area contributed by atoms with Crippen LogP contribution in [-0.4, -0.2) is 60.2 Å². The first-order valence-corrected chi connectivity index (χ1v) is 7.36. The summed E-state index contributed by atoms with van der Waals surface area (Å²) in [6.07, 6.45) is 0.996. The normalized spacial score (nSPS) is 38.4. The first kappa shape index (κ1) is 13.2. The number of rotatable bonds is 2. The van der Waals surface area contributed by atoms with E-state index in [1.165, 1.54) is 0 Å². The molecular weight excluding hydrogens is 236 g/mol. The van der Waals surface area contributed by atoms with Crippen molar-refractivity contribution in [2.45, 2.75) is 43.7 Å². The lowest BCUT2D eigenvalue weighted by molar-refractivity contribution is -0.135. The SMILES string of the molecule is COC1CNC(C(=O)N2CCSC(C)C2C)C1. The molecule has 2 fully saturated rings. The Labute approximate surface area is 107 Å². The molecule has 1 amide bonds. The number of methoxy groups -OCH3 is 1. The summed E-state index contributed by atoms with van der Waals surface area (Å²) in [5.74, 6) is 1.31. The number of hydrogen-bond donors (Lipinski definition) is 1. The molecule has 2 heterocycles. The van der Waals surface area contributed by atoms with Crippen LogP contribution in [0.15, 0.2) is 0 Å². The van der Waals surface area contributed by atoms with Gasteiger partial charge in [0, 0.05) is 37.2 Å². The van der Waals surface area contributed by atoms with E-state index in [2.05, 4.69) is 19.2 Å². The maximum Gasteiger partial charge on any atom is 0.240 e. The van der Waals surface area contributed by atoms with Gasteiger partial charge in [-0.1, -0.05) is 6.92 Å². The lowest BCUT2D eigenvalue weighted by atomic mass is 10.1. The monoisotopic (exact) mass is 258 g/mol. The van der Waals surface area contributed by atoms with Gasteiger partial charge in [0.05, 0.1) is 12.1 Å². The number of carbonyl (C=O) groups excluding carboxylic acids is 1. The van der Waals surface area contributed by atoms with Crippen LogP contribution in [0.4, 0.5) is 0 Å². The summed E-state index contributed by atoms with van der Waals surface area (Å²) in [5, 5.41) is 3.80. The summed E-state index contributed by atoms with van der Waals surface area (Å²) in [6, 6.07) is 0.294. The van der Waals surface area contributed by atoms with Crippen LogP contribution in [0, 0.1) is 0 Å². The highest BCUT2D eigenvalue weighted by atomic mass is 32.2. The Hall–Kier alpha value is -0.260. The highest BCUT2D eigenvalue weighted by Crippen LogP contribution is 2.25. The lowest BCUT2D eigenvalue weighted by Crippen LogP contribution is -2.53. The second-order valence-corrected chi connectivity index (χ2v) is 6.39. The van der Waals surface area contributed by atoms with E-state index in [-0.39, 0.29) is 18.1 Å². The van der Waals surface area contributed by atoms with Crippen LogP contribution in [0.25, 0.3) is 0 Å². The molecule has 0 aromatic heterocycles. The molecule has 0 aromatic carbocycles. The number of carbonyl (C=O) groups is 1. The molecule has 0 radical (unpaired) electrons. The lowest BCUT2D eigenvalue weighted by Gasteiger charge is -2.38. The van der Waals surface area contributed by atoms with Gasteiger partial charge in [-0.25, -0.2) is 0 Å². The molecular formula is C12H22N2O2S. The van der Waals surface area contributed by atoms with Crippen LogP contribution < -0.4 is 5.32 Å². The van der Waals surface area contributed by atoms with Gasteiger partial charge in [-0.15, -0.1) is 0 Å². The molecule has 2 aliphatic rings. The van der Waals surface area contributed by atoms with Crippen molar-refractivity contribution in [2.24, 2.45) is 0 Å². The van der Waals surface area contributed by atoms with Crippen molar-refractivity contribution in [1.29, 1.82) is 0 Å². The largest absolute Gasteiger partial charge is 0.380 e. The van der Waals surface area contributed by atoms with Gasteiger partial charge in [-0.05, 0) is 13.3 Å². The number of ether oxygens (including phenoxy) is 1. The van der Waals surface area contributed by atoms with E-state index >= 15 is 0 Å². The fourth-order valence-corrected chi connectivity index (χ4v) is 3.61. The molecule has 4 unspecified atom stereocenters. The Morgan fingerprint density at radius 3 is 2.88 bits per heavy atom. The fraction of sp³-hybridized carbons (Fsp3) is 0.917. The Morgan fingerprint density at radius 1 is 1.47 bits per heavy atom. The third-order valence-electron chi connectivity index (χ3n) is 3.89. The second-order valence-electron chi connectivity index (χ2n) is 4.90. The highest BCUT2D eigenvalue weighted by molar-refractivity contribution is 8.00. The van der Waals surface area contributed by atoms with Gasteiger partial charge in [-0.3, -0.25) is 4.79 Å². The van der Waals surface area contributed by atoms with Crippen LogP contribution in [-0.2, 0) is 9.53 Å². The highest BCUT2D eigenvalue weighted by Gasteiger charge is 2.36. The number of amides is 1. The number of nitrogens with one attached hydrogen (secondary N) is 1. The molecule has 0 spiro atoms. The van der Waals surface area contributed by atoms with Crippen LogP contribution >= 0.6 is 11.8 Å². The van der Waals surface area contributed by atoms with Gasteiger partial charge in [0.2, 0.25) is 5.91 Å². The minimum atomic E-state index is -0.0438. The van der Waals surface area contributed by atoms with Crippen molar-refractivity contribution >= 4 is 17.7 Å². The predicted octanol–water partition coefficient (Wildman–Crippen LogP) is 0.716. The molecule has 0 bridgehead atoms. The summed E-state index contributed by atoms with van der Waals surface area (Å²) in [4.78, 5) is 14.5. The maximum atomic E-state index is 12.4. The quantitative estimate of drug-likeness (QED) is 0.792. The van der Waals surface area contributed by atoms with Crippen LogP contribution in [0.3, 0.4) is 0 Å². The summed E-state index contributed by atoms with van der Waals surface area (Å²) in [5.41, 5.74) is 0. The van der Waals surface area contributed by atoms with E-state index in [1.807, 2.05) is 16.7 Å². The Morgan fingerprint density at radius 2 is 2.24 bits per heavy atom. The van der Waals surface area contributed by atoms with Crippen LogP contribution in [0.2, 0.25) is 0 Å². The topological polar surface area (TPSA) is 41.6 Å². The first-order valence-electron chi connectivity index (χ1n) is 6.31. The molecule has 4 nitrogen and oxygen atoms in total. The van der Waals surface area contributed by atoms with Crippen molar-refractivity contribution in [2.75, 3.05) is 26.0 Å². The van der Waals surface area contributed by atoms with Crippen molar-refractivity contribution in [1.82, 2.24) is 10.2 Å². The standard InChI is InChI=1S/C12H22N2O2S/c1-8-9(2)17-5-4-14(8)12(15)11-6-10(16-3)7-13-11/h8-11,13H,4-7H2,1-3H3. The van der Waals surface area contributed by atoms with E-state index in [9.17, 15) is 4.79 Å². The van der Waals surface area contributed by atoms with Crippen molar-refractivity contribution in [3.05, 3.63) is 0 Å². The number of nitrogens with zero attached hydrogens (tertiary/aromatic N) is 1. The minimum absolute atomic E-state index is 0.0438. The summed E-state index contributed by atoms with van der Waals surface area (Å²) < 4.78 is 5.29. The number of thioether (sulfide) groups is 1. The molecule has 2 rings (SSSR count). The molecule has 17 heavy (non-hydrogen) atoms. The average molecular weight is 258 g/mol. The van der Waals surface area contributed by atoms with Crippen LogP contribution in [0.5, 0.6) is 0 Å². The van der Waals surface area contributed by atoms with Gasteiger partial charge in [0.15, 0.2) is 0 Å². The summed E-state index contributed by atoms with van der Waals surface area (Å²) in [6.45, 7) is 6.02. The maximum absolute atomic E-state index is 12.4. The molecule has 0 aromatic rings. The van der Waals surface area contributed by atoms with E-state index < -0.39 is 0 Å². The Balaban J connectivity index is 1.95. The molecule has 2 aliphatic heterocycles. The summed E-state index contributed by atoms with van der Waals surface area (Å²) >= 11 is 1.96. The molecule has 98 valence electrons. The molecule has 1 N–H and O–H groups in total. The third-order valence-corrected chi connectivity index (χ3v) is 5.23. The van der Waals surface area contributed by atoms with Crippen molar-refractivity contribution in [3.8, 4) is 0 Å². The second kappa shape index (κ2) is 5.59. The fourth-order valence-electron chi connectivity index (χ4n) is 2.52. The van der Waals surface area contributed by atoms with E-state index in [1.54, 1.807) is 7.11 Å². The van der Waals surface area contributed by atoms with E-state index in [4.69, 9.17) is 4.74 Å². The van der Waals surface area contributed by atoms with Gasteiger partial charge in [-0.2, -0.15) is 11.8 Å². The molecule has 0 aliphatic carbocycles. The van der Waals surface area contributed by atoms with Crippen LogP contribution in [0.1, 0.15) is 20.3 Å². The molecule has 2 saturated heterocycles. The molecule has 4 atom stereocenters. The smallest absolute Gasteiger partial charge is 0.240 e. The van der Waals surface area contributed by atoms with Gasteiger partial charge < -0.3 is 15.0 Å².